The van der Waals surface area contributed by atoms with E-state index in [2.05, 4.69) is 46.1 Å². The maximum absolute atomic E-state index is 5.32. The lowest BCUT2D eigenvalue weighted by molar-refractivity contribution is 0.147. The van der Waals surface area contributed by atoms with Crippen molar-refractivity contribution in [2.24, 2.45) is 0 Å². The van der Waals surface area contributed by atoms with Crippen molar-refractivity contribution >= 4 is 5.95 Å². The van der Waals surface area contributed by atoms with Crippen LogP contribution in [-0.4, -0.2) is 29.3 Å². The van der Waals surface area contributed by atoms with Crippen LogP contribution in [0.4, 0.5) is 5.95 Å². The molecule has 0 amide bonds. The Kier molecular flexibility index (Phi) is 4.98. The fraction of sp³-hybridized carbons (Fsp3) is 0.400. The Balaban J connectivity index is 1.98. The van der Waals surface area contributed by atoms with Crippen molar-refractivity contribution < 1.29 is 4.74 Å². The molecule has 0 bridgehead atoms. The smallest absolute Gasteiger partial charge is 0.207 e. The minimum atomic E-state index is 0.776. The number of rotatable bonds is 7. The van der Waals surface area contributed by atoms with Gasteiger partial charge in [0.15, 0.2) is 0 Å². The highest BCUT2D eigenvalue weighted by Crippen LogP contribution is 2.15. The summed E-state index contributed by atoms with van der Waals surface area (Å²) in [5.74, 6) is 0.877. The molecule has 0 saturated heterocycles. The molecule has 2 aromatic rings. The van der Waals surface area contributed by atoms with Gasteiger partial charge < -0.3 is 10.1 Å². The number of ether oxygens (including phenoxy) is 1. The molecule has 102 valence electrons. The van der Waals surface area contributed by atoms with Gasteiger partial charge in [-0.05, 0) is 38.0 Å². The summed E-state index contributed by atoms with van der Waals surface area (Å²) >= 11 is 0. The molecule has 1 N–H and O–H groups in total. The minimum Gasteiger partial charge on any atom is -0.382 e. The van der Waals surface area contributed by atoms with E-state index in [0.717, 1.165) is 37.8 Å². The lowest BCUT2D eigenvalue weighted by Gasteiger charge is -2.10. The van der Waals surface area contributed by atoms with Crippen LogP contribution in [-0.2, 0) is 4.74 Å². The Morgan fingerprint density at radius 1 is 1.37 bits per heavy atom. The van der Waals surface area contributed by atoms with Crippen molar-refractivity contribution in [3.63, 3.8) is 0 Å². The molecule has 1 aromatic heterocycles. The molecular formula is C15H21N3O. The largest absolute Gasteiger partial charge is 0.382 e. The Morgan fingerprint density at radius 3 is 3.05 bits per heavy atom. The number of anilines is 1. The monoisotopic (exact) mass is 259 g/mol. The third kappa shape index (κ3) is 3.83. The summed E-state index contributed by atoms with van der Waals surface area (Å²) in [6.07, 6.45) is 4.77. The first-order chi connectivity index (χ1) is 9.31. The van der Waals surface area contributed by atoms with E-state index in [1.54, 1.807) is 0 Å². The van der Waals surface area contributed by atoms with Crippen molar-refractivity contribution in [2.75, 3.05) is 25.1 Å². The number of aromatic nitrogens is 2. The van der Waals surface area contributed by atoms with E-state index in [1.807, 2.05) is 19.3 Å². The lowest BCUT2D eigenvalue weighted by atomic mass is 10.2. The fourth-order valence-electron chi connectivity index (χ4n) is 1.94. The second-order valence-electron chi connectivity index (χ2n) is 4.44. The Hall–Kier alpha value is -1.81. The van der Waals surface area contributed by atoms with E-state index >= 15 is 0 Å². The van der Waals surface area contributed by atoms with Gasteiger partial charge in [0.05, 0.1) is 0 Å². The topological polar surface area (TPSA) is 39.1 Å². The Morgan fingerprint density at radius 2 is 2.26 bits per heavy atom. The van der Waals surface area contributed by atoms with Gasteiger partial charge in [-0.15, -0.1) is 0 Å². The third-order valence-corrected chi connectivity index (χ3v) is 2.87. The summed E-state index contributed by atoms with van der Waals surface area (Å²) in [4.78, 5) is 4.35. The summed E-state index contributed by atoms with van der Waals surface area (Å²) < 4.78 is 7.38. The summed E-state index contributed by atoms with van der Waals surface area (Å²) in [7, 11) is 0. The molecule has 0 aliphatic heterocycles. The van der Waals surface area contributed by atoms with Crippen molar-refractivity contribution in [3.05, 3.63) is 42.2 Å². The average molecular weight is 259 g/mol. The standard InChI is InChI=1S/C15H21N3O/c1-3-19-11-5-8-16-15-17-9-10-18(15)14-7-4-6-13(2)12-14/h4,6-7,9-10,12H,3,5,8,11H2,1-2H3,(H,16,17). The predicted octanol–water partition coefficient (Wildman–Crippen LogP) is 3.02. The molecule has 0 spiro atoms. The molecule has 0 aliphatic rings. The summed E-state index contributed by atoms with van der Waals surface area (Å²) in [6, 6.07) is 8.38. The quantitative estimate of drug-likeness (QED) is 0.777. The van der Waals surface area contributed by atoms with Crippen molar-refractivity contribution in [2.45, 2.75) is 20.3 Å². The summed E-state index contributed by atoms with van der Waals surface area (Å²) in [5.41, 5.74) is 2.37. The summed E-state index contributed by atoms with van der Waals surface area (Å²) in [6.45, 7) is 6.53. The lowest BCUT2D eigenvalue weighted by Crippen LogP contribution is -2.09. The average Bonchev–Trinajstić information content (AvgIpc) is 2.87. The number of nitrogens with zero attached hydrogens (tertiary/aromatic N) is 2. The van der Waals surface area contributed by atoms with E-state index in [9.17, 15) is 0 Å². The van der Waals surface area contributed by atoms with Gasteiger partial charge in [-0.2, -0.15) is 0 Å². The van der Waals surface area contributed by atoms with Crippen LogP contribution in [0.15, 0.2) is 36.7 Å². The molecule has 1 aromatic carbocycles. The number of benzene rings is 1. The van der Waals surface area contributed by atoms with Crippen LogP contribution >= 0.6 is 0 Å². The number of imidazole rings is 1. The highest BCUT2D eigenvalue weighted by atomic mass is 16.5. The Labute approximate surface area is 114 Å². The number of hydrogen-bond donors (Lipinski definition) is 1. The second kappa shape index (κ2) is 6.95. The maximum atomic E-state index is 5.32. The zero-order valence-corrected chi connectivity index (χ0v) is 11.6. The fourth-order valence-corrected chi connectivity index (χ4v) is 1.94. The highest BCUT2D eigenvalue weighted by Gasteiger charge is 2.04. The van der Waals surface area contributed by atoms with E-state index < -0.39 is 0 Å². The second-order valence-corrected chi connectivity index (χ2v) is 4.44. The van der Waals surface area contributed by atoms with Crippen molar-refractivity contribution in [1.82, 2.24) is 9.55 Å². The van der Waals surface area contributed by atoms with E-state index in [0.29, 0.717) is 0 Å². The van der Waals surface area contributed by atoms with Crippen LogP contribution in [0.1, 0.15) is 18.9 Å². The van der Waals surface area contributed by atoms with Crippen molar-refractivity contribution in [1.29, 1.82) is 0 Å². The van der Waals surface area contributed by atoms with Gasteiger partial charge in [0.25, 0.3) is 0 Å². The van der Waals surface area contributed by atoms with Crippen LogP contribution in [0, 0.1) is 6.92 Å². The Bertz CT molecular complexity index is 508. The molecule has 19 heavy (non-hydrogen) atoms. The number of nitrogens with one attached hydrogen (secondary N) is 1. The van der Waals surface area contributed by atoms with Gasteiger partial charge in [0, 0.05) is 37.8 Å². The minimum absolute atomic E-state index is 0.776. The van der Waals surface area contributed by atoms with Gasteiger partial charge in [0.2, 0.25) is 5.95 Å². The molecule has 0 aliphatic carbocycles. The molecule has 0 fully saturated rings. The van der Waals surface area contributed by atoms with Crippen LogP contribution < -0.4 is 5.32 Å². The van der Waals surface area contributed by atoms with E-state index in [-0.39, 0.29) is 0 Å². The normalized spacial score (nSPS) is 10.6. The van der Waals surface area contributed by atoms with Crippen molar-refractivity contribution in [3.8, 4) is 5.69 Å². The van der Waals surface area contributed by atoms with Gasteiger partial charge in [-0.1, -0.05) is 12.1 Å². The van der Waals surface area contributed by atoms with Crippen LogP contribution in [0.3, 0.4) is 0 Å². The first-order valence-electron chi connectivity index (χ1n) is 6.73. The molecule has 0 unspecified atom stereocenters. The third-order valence-electron chi connectivity index (χ3n) is 2.87. The number of aryl methyl sites for hydroxylation is 1. The zero-order valence-electron chi connectivity index (χ0n) is 11.6. The van der Waals surface area contributed by atoms with Crippen LogP contribution in [0.5, 0.6) is 0 Å². The zero-order chi connectivity index (χ0) is 13.5. The molecular weight excluding hydrogens is 238 g/mol. The highest BCUT2D eigenvalue weighted by molar-refractivity contribution is 5.43. The van der Waals surface area contributed by atoms with E-state index in [1.165, 1.54) is 5.56 Å². The van der Waals surface area contributed by atoms with Gasteiger partial charge in [0.1, 0.15) is 0 Å². The summed E-state index contributed by atoms with van der Waals surface area (Å²) in [5, 5.41) is 3.34. The van der Waals surface area contributed by atoms with Gasteiger partial charge in [-0.3, -0.25) is 4.57 Å². The van der Waals surface area contributed by atoms with Crippen LogP contribution in [0.2, 0.25) is 0 Å². The SMILES string of the molecule is CCOCCCNc1nccn1-c1cccc(C)c1. The first-order valence-corrected chi connectivity index (χ1v) is 6.73. The number of hydrogen-bond acceptors (Lipinski definition) is 3. The molecule has 2 rings (SSSR count). The van der Waals surface area contributed by atoms with Gasteiger partial charge >= 0.3 is 0 Å². The molecule has 0 saturated carbocycles. The molecule has 4 heteroatoms. The first kappa shape index (κ1) is 13.6. The molecule has 0 atom stereocenters. The van der Waals surface area contributed by atoms with Crippen LogP contribution in [0.25, 0.3) is 5.69 Å². The van der Waals surface area contributed by atoms with E-state index in [4.69, 9.17) is 4.74 Å². The molecule has 1 heterocycles. The molecule has 0 radical (unpaired) electrons. The predicted molar refractivity (Wildman–Crippen MR) is 77.9 cm³/mol. The van der Waals surface area contributed by atoms with Gasteiger partial charge in [-0.25, -0.2) is 4.98 Å². The molecule has 4 nitrogen and oxygen atoms in total. The maximum Gasteiger partial charge on any atom is 0.207 e.